The first kappa shape index (κ1) is 24.9. The topological polar surface area (TPSA) is 109 Å². The molecule has 0 amide bonds. The summed E-state index contributed by atoms with van der Waals surface area (Å²) in [6.45, 7) is -0.245. The third-order valence-corrected chi connectivity index (χ3v) is 6.29. The van der Waals surface area contributed by atoms with Crippen molar-refractivity contribution in [1.29, 1.82) is 0 Å². The van der Waals surface area contributed by atoms with Crippen molar-refractivity contribution in [3.8, 4) is 5.75 Å². The van der Waals surface area contributed by atoms with Crippen molar-refractivity contribution in [2.45, 2.75) is 18.6 Å². The molecular weight excluding hydrogens is 499 g/mol. The molecule has 10 heteroatoms. The van der Waals surface area contributed by atoms with Gasteiger partial charge in [-0.15, -0.1) is 0 Å². The monoisotopic (exact) mass is 522 g/mol. The van der Waals surface area contributed by atoms with Gasteiger partial charge in [-0.2, -0.15) is 0 Å². The molecule has 0 atom stereocenters. The van der Waals surface area contributed by atoms with Gasteiger partial charge in [-0.25, -0.2) is 19.4 Å². The summed E-state index contributed by atoms with van der Waals surface area (Å²) >= 11 is 6.44. The fraction of sp³-hybridized carbons (Fsp3) is 0.222. The van der Waals surface area contributed by atoms with Crippen LogP contribution in [0.5, 0.6) is 5.75 Å². The van der Waals surface area contributed by atoms with Crippen molar-refractivity contribution in [2.24, 2.45) is 4.99 Å². The molecule has 0 saturated carbocycles. The van der Waals surface area contributed by atoms with Gasteiger partial charge in [0.1, 0.15) is 42.5 Å². The number of hydrogen-bond donors (Lipinski definition) is 3. The molecule has 0 saturated heterocycles. The third kappa shape index (κ3) is 5.64. The Morgan fingerprint density at radius 3 is 2.65 bits per heavy atom. The minimum atomic E-state index is -0.992. The van der Waals surface area contributed by atoms with E-state index in [1.54, 1.807) is 24.3 Å². The lowest BCUT2D eigenvalue weighted by Crippen LogP contribution is -2.37. The lowest BCUT2D eigenvalue weighted by Gasteiger charge is -2.16. The summed E-state index contributed by atoms with van der Waals surface area (Å²) in [5.41, 5.74) is 2.07. The molecule has 1 aliphatic rings. The number of nitrogens with zero attached hydrogens (tertiary/aromatic N) is 3. The quantitative estimate of drug-likeness (QED) is 0.298. The van der Waals surface area contributed by atoms with E-state index >= 15 is 0 Å². The molecule has 0 spiro atoms. The van der Waals surface area contributed by atoms with E-state index in [0.717, 1.165) is 16.5 Å². The number of rotatable bonds is 9. The highest BCUT2D eigenvalue weighted by atomic mass is 35.5. The number of aliphatic hydroxyl groups is 2. The summed E-state index contributed by atoms with van der Waals surface area (Å²) in [6, 6.07) is 17.2. The normalized spacial score (nSPS) is 14.3. The van der Waals surface area contributed by atoms with Crippen LogP contribution in [0.1, 0.15) is 11.1 Å². The lowest BCUT2D eigenvalue weighted by atomic mass is 10.1. The maximum atomic E-state index is 13.4. The van der Waals surface area contributed by atoms with Crippen molar-refractivity contribution in [3.05, 3.63) is 89.0 Å². The zero-order valence-electron chi connectivity index (χ0n) is 19.7. The maximum Gasteiger partial charge on any atom is 0.188 e. The largest absolute Gasteiger partial charge is 0.487 e. The van der Waals surface area contributed by atoms with E-state index in [1.807, 2.05) is 24.3 Å². The molecule has 0 aliphatic carbocycles. The number of halogens is 2. The van der Waals surface area contributed by atoms with Gasteiger partial charge in [-0.05, 0) is 53.6 Å². The molecule has 5 rings (SSSR count). The Morgan fingerprint density at radius 2 is 1.89 bits per heavy atom. The molecule has 0 bridgehead atoms. The Bertz CT molecular complexity index is 1460. The zero-order chi connectivity index (χ0) is 25.8. The SMILES string of the molecule is OCC1(CO)COC(Cc2ccc3ncnc(Nc4ccc(OCc5cccc(F)c5)c(Cl)c4)c3c2)=N1. The van der Waals surface area contributed by atoms with Gasteiger partial charge < -0.3 is 25.0 Å². The third-order valence-electron chi connectivity index (χ3n) is 5.99. The van der Waals surface area contributed by atoms with E-state index in [2.05, 4.69) is 20.3 Å². The molecule has 3 N–H and O–H groups in total. The van der Waals surface area contributed by atoms with Crippen molar-refractivity contribution in [2.75, 3.05) is 25.1 Å². The summed E-state index contributed by atoms with van der Waals surface area (Å²) in [6.07, 6.45) is 1.87. The molecule has 0 unspecified atom stereocenters. The Labute approximate surface area is 217 Å². The molecule has 3 aromatic carbocycles. The zero-order valence-corrected chi connectivity index (χ0v) is 20.5. The average molecular weight is 523 g/mol. The molecule has 190 valence electrons. The molecule has 1 aliphatic heterocycles. The molecule has 0 radical (unpaired) electrons. The van der Waals surface area contributed by atoms with Crippen LogP contribution in [0.4, 0.5) is 15.9 Å². The number of anilines is 2. The van der Waals surface area contributed by atoms with E-state index in [4.69, 9.17) is 21.1 Å². The number of aliphatic hydroxyl groups excluding tert-OH is 2. The van der Waals surface area contributed by atoms with Crippen molar-refractivity contribution >= 4 is 39.9 Å². The summed E-state index contributed by atoms with van der Waals surface area (Å²) in [4.78, 5) is 13.1. The average Bonchev–Trinajstić information content (AvgIpc) is 3.32. The summed E-state index contributed by atoms with van der Waals surface area (Å²) in [7, 11) is 0. The first-order valence-corrected chi connectivity index (χ1v) is 12.0. The van der Waals surface area contributed by atoms with Gasteiger partial charge in [0.25, 0.3) is 0 Å². The Morgan fingerprint density at radius 1 is 1.03 bits per heavy atom. The van der Waals surface area contributed by atoms with Gasteiger partial charge >= 0.3 is 0 Å². The maximum absolute atomic E-state index is 13.4. The number of hydrogen-bond acceptors (Lipinski definition) is 8. The highest BCUT2D eigenvalue weighted by molar-refractivity contribution is 6.32. The number of aromatic nitrogens is 2. The molecule has 1 aromatic heterocycles. The number of fused-ring (bicyclic) bond motifs is 1. The molecule has 8 nitrogen and oxygen atoms in total. The number of benzene rings is 3. The second-order valence-corrected chi connectivity index (χ2v) is 9.18. The van der Waals surface area contributed by atoms with E-state index < -0.39 is 5.54 Å². The minimum Gasteiger partial charge on any atom is -0.487 e. The van der Waals surface area contributed by atoms with Crippen molar-refractivity contribution in [3.63, 3.8) is 0 Å². The second kappa shape index (κ2) is 10.7. The second-order valence-electron chi connectivity index (χ2n) is 8.77. The van der Waals surface area contributed by atoms with Crippen LogP contribution in [0.15, 0.2) is 72.0 Å². The first-order chi connectivity index (χ1) is 18.0. The van der Waals surface area contributed by atoms with Gasteiger partial charge in [0.2, 0.25) is 0 Å². The number of ether oxygens (including phenoxy) is 2. The van der Waals surface area contributed by atoms with Crippen LogP contribution >= 0.6 is 11.6 Å². The molecule has 2 heterocycles. The predicted octanol–water partition coefficient (Wildman–Crippen LogP) is 4.44. The van der Waals surface area contributed by atoms with Crippen molar-refractivity contribution < 1.29 is 24.1 Å². The minimum absolute atomic E-state index is 0.140. The Hall–Kier alpha value is -3.79. The van der Waals surface area contributed by atoms with Crippen LogP contribution in [0.2, 0.25) is 5.02 Å². The van der Waals surface area contributed by atoms with E-state index in [0.29, 0.717) is 40.2 Å². The summed E-state index contributed by atoms with van der Waals surface area (Å²) in [5.74, 6) is 1.20. The predicted molar refractivity (Wildman–Crippen MR) is 139 cm³/mol. The standard InChI is InChI=1S/C27H24ClFN4O4/c28-22-11-20(5-7-24(22)36-12-18-2-1-3-19(29)8-18)32-26-21-9-17(4-6-23(21)30-16-31-26)10-25-33-27(13-34,14-35)15-37-25/h1-9,11,16,34-35H,10,12-15H2,(H,30,31,32). The smallest absolute Gasteiger partial charge is 0.188 e. The van der Waals surface area contributed by atoms with Crippen LogP contribution in [0.25, 0.3) is 10.9 Å². The first-order valence-electron chi connectivity index (χ1n) is 11.6. The van der Waals surface area contributed by atoms with Crippen LogP contribution in [0.3, 0.4) is 0 Å². The fourth-order valence-electron chi connectivity index (χ4n) is 3.96. The lowest BCUT2D eigenvalue weighted by molar-refractivity contribution is 0.0973. The molecular formula is C27H24ClFN4O4. The van der Waals surface area contributed by atoms with Gasteiger partial charge in [0, 0.05) is 17.5 Å². The van der Waals surface area contributed by atoms with Crippen LogP contribution in [-0.2, 0) is 17.8 Å². The van der Waals surface area contributed by atoms with Gasteiger partial charge in [-0.1, -0.05) is 29.8 Å². The van der Waals surface area contributed by atoms with E-state index in [-0.39, 0.29) is 32.2 Å². The van der Waals surface area contributed by atoms with Crippen LogP contribution in [0, 0.1) is 5.82 Å². The van der Waals surface area contributed by atoms with Crippen molar-refractivity contribution in [1.82, 2.24) is 9.97 Å². The molecule has 0 fully saturated rings. The summed E-state index contributed by atoms with van der Waals surface area (Å²) < 4.78 is 24.8. The highest BCUT2D eigenvalue weighted by Crippen LogP contribution is 2.31. The Kier molecular flexibility index (Phi) is 7.18. The van der Waals surface area contributed by atoms with E-state index in [9.17, 15) is 14.6 Å². The molecule has 37 heavy (non-hydrogen) atoms. The Balaban J connectivity index is 1.33. The van der Waals surface area contributed by atoms with Gasteiger partial charge in [-0.3, -0.25) is 0 Å². The summed E-state index contributed by atoms with van der Waals surface area (Å²) in [5, 5.41) is 23.6. The molecule has 4 aromatic rings. The highest BCUT2D eigenvalue weighted by Gasteiger charge is 2.35. The number of nitrogens with one attached hydrogen (secondary N) is 1. The fourth-order valence-corrected chi connectivity index (χ4v) is 4.19. The van der Waals surface area contributed by atoms with E-state index in [1.165, 1.54) is 18.5 Å². The van der Waals surface area contributed by atoms with Crippen LogP contribution < -0.4 is 10.1 Å². The van der Waals surface area contributed by atoms with Gasteiger partial charge in [0.15, 0.2) is 5.90 Å². The number of aliphatic imine (C=N–C) groups is 1. The van der Waals surface area contributed by atoms with Crippen LogP contribution in [-0.4, -0.2) is 51.4 Å². The van der Waals surface area contributed by atoms with Gasteiger partial charge in [0.05, 0.1) is 23.8 Å².